The van der Waals surface area contributed by atoms with Gasteiger partial charge in [0.25, 0.3) is 5.56 Å². The van der Waals surface area contributed by atoms with Crippen molar-refractivity contribution in [3.05, 3.63) is 58.3 Å². The van der Waals surface area contributed by atoms with Crippen molar-refractivity contribution in [2.75, 3.05) is 6.61 Å². The van der Waals surface area contributed by atoms with Crippen molar-refractivity contribution in [2.24, 2.45) is 11.8 Å². The van der Waals surface area contributed by atoms with E-state index < -0.39 is 18.0 Å². The van der Waals surface area contributed by atoms with Gasteiger partial charge in [0.1, 0.15) is 11.9 Å². The normalized spacial score (nSPS) is 26.0. The number of hydrogen-bond acceptors (Lipinski definition) is 4. The van der Waals surface area contributed by atoms with Gasteiger partial charge in [0.2, 0.25) is 11.8 Å². The molecule has 8 heteroatoms. The molecule has 174 valence electrons. The summed E-state index contributed by atoms with van der Waals surface area (Å²) in [5.41, 5.74) is 1.53. The molecule has 2 amide bonds. The summed E-state index contributed by atoms with van der Waals surface area (Å²) >= 11 is 0. The third-order valence-electron chi connectivity index (χ3n) is 7.54. The first-order valence-corrected chi connectivity index (χ1v) is 11.7. The van der Waals surface area contributed by atoms with Crippen LogP contribution >= 0.6 is 0 Å². The van der Waals surface area contributed by atoms with Gasteiger partial charge in [0.05, 0.1) is 6.04 Å². The molecule has 3 aliphatic rings. The number of halogens is 1. The van der Waals surface area contributed by atoms with E-state index in [4.69, 9.17) is 0 Å². The Labute approximate surface area is 191 Å². The average Bonchev–Trinajstić information content (AvgIpc) is 3.31. The molecule has 0 radical (unpaired) electrons. The van der Waals surface area contributed by atoms with Gasteiger partial charge in [-0.25, -0.2) is 4.39 Å². The summed E-state index contributed by atoms with van der Waals surface area (Å²) < 4.78 is 15.0. The summed E-state index contributed by atoms with van der Waals surface area (Å²) in [5.74, 6) is -1.46. The molecular formula is C25H28FN3O4. The maximum Gasteiger partial charge on any atom is 0.258 e. The zero-order chi connectivity index (χ0) is 23.3. The van der Waals surface area contributed by atoms with Gasteiger partial charge >= 0.3 is 0 Å². The van der Waals surface area contributed by atoms with Crippen LogP contribution < -0.4 is 10.9 Å². The van der Waals surface area contributed by atoms with Gasteiger partial charge in [-0.3, -0.25) is 14.4 Å². The largest absolute Gasteiger partial charge is 0.396 e. The third-order valence-corrected chi connectivity index (χ3v) is 7.54. The number of carbonyl (C=O) groups excluding carboxylic acids is 2. The minimum atomic E-state index is -0.751. The molecule has 5 rings (SSSR count). The molecule has 2 aliphatic heterocycles. The number of rotatable bonds is 5. The fourth-order valence-corrected chi connectivity index (χ4v) is 5.64. The van der Waals surface area contributed by atoms with Crippen LogP contribution in [-0.2, 0) is 16.1 Å². The molecule has 0 spiro atoms. The monoisotopic (exact) mass is 453 g/mol. The number of nitrogens with zero attached hydrogens (tertiary/aromatic N) is 2. The lowest BCUT2D eigenvalue weighted by atomic mass is 9.87. The molecule has 4 atom stereocenters. The van der Waals surface area contributed by atoms with Crippen molar-refractivity contribution in [2.45, 2.75) is 57.3 Å². The molecule has 1 aromatic carbocycles. The van der Waals surface area contributed by atoms with Crippen molar-refractivity contribution >= 4 is 11.8 Å². The number of nitrogens with one attached hydrogen (secondary N) is 1. The predicted molar refractivity (Wildman–Crippen MR) is 120 cm³/mol. The predicted octanol–water partition coefficient (Wildman–Crippen LogP) is 2.22. The van der Waals surface area contributed by atoms with Crippen LogP contribution in [0.25, 0.3) is 11.1 Å². The number of likely N-dealkylation sites (tertiary alicyclic amines) is 1. The SMILES string of the molecule is CCC(=O)N1[C@@H]2c3ccc(-c4ccc(F)cc4)c(=O)n3C[C@@H]2[C@@H](CO)[C@@H]1C(=O)NC1CCC1. The minimum absolute atomic E-state index is 0.129. The Bertz CT molecular complexity index is 1140. The third kappa shape index (κ3) is 3.47. The summed E-state index contributed by atoms with van der Waals surface area (Å²) in [6.07, 6.45) is 3.17. The minimum Gasteiger partial charge on any atom is -0.396 e. The van der Waals surface area contributed by atoms with Crippen molar-refractivity contribution in [3.8, 4) is 11.1 Å². The zero-order valence-electron chi connectivity index (χ0n) is 18.5. The molecule has 0 unspecified atom stereocenters. The van der Waals surface area contributed by atoms with E-state index in [-0.39, 0.29) is 48.2 Å². The summed E-state index contributed by atoms with van der Waals surface area (Å²) in [6, 6.07) is 8.23. The van der Waals surface area contributed by atoms with E-state index in [1.165, 1.54) is 12.1 Å². The first-order valence-electron chi connectivity index (χ1n) is 11.7. The highest BCUT2D eigenvalue weighted by molar-refractivity contribution is 5.89. The van der Waals surface area contributed by atoms with E-state index in [1.807, 2.05) is 6.07 Å². The highest BCUT2D eigenvalue weighted by atomic mass is 19.1. The number of pyridine rings is 1. The van der Waals surface area contributed by atoms with Gasteiger partial charge in [-0.15, -0.1) is 0 Å². The molecule has 1 saturated heterocycles. The molecular weight excluding hydrogens is 425 g/mol. The van der Waals surface area contributed by atoms with Crippen molar-refractivity contribution in [1.29, 1.82) is 0 Å². The molecule has 1 aromatic heterocycles. The van der Waals surface area contributed by atoms with Crippen molar-refractivity contribution < 1.29 is 19.1 Å². The van der Waals surface area contributed by atoms with Crippen LogP contribution in [0.15, 0.2) is 41.2 Å². The summed E-state index contributed by atoms with van der Waals surface area (Å²) in [5, 5.41) is 13.3. The molecule has 2 aromatic rings. The maximum atomic E-state index is 13.3. The van der Waals surface area contributed by atoms with Crippen LogP contribution in [0, 0.1) is 17.7 Å². The molecule has 7 nitrogen and oxygen atoms in total. The van der Waals surface area contributed by atoms with Gasteiger partial charge in [-0.2, -0.15) is 0 Å². The standard InChI is InChI=1S/C25H28FN3O4/c1-2-21(31)29-22-18(19(13-30)23(29)24(32)27-16-4-3-5-16)12-28-20(22)11-10-17(25(28)33)14-6-8-15(26)9-7-14/h6-11,16,18-19,22-23,30H,2-5,12-13H2,1H3,(H,27,32)/t18-,19-,22+,23-/m1/s1. The van der Waals surface area contributed by atoms with E-state index in [0.29, 0.717) is 23.4 Å². The number of aliphatic hydroxyl groups excluding tert-OH is 1. The molecule has 2 fully saturated rings. The fourth-order valence-electron chi connectivity index (χ4n) is 5.64. The molecule has 1 saturated carbocycles. The average molecular weight is 454 g/mol. The van der Waals surface area contributed by atoms with Gasteiger partial charge in [-0.05, 0) is 49.1 Å². The number of benzene rings is 1. The van der Waals surface area contributed by atoms with E-state index >= 15 is 0 Å². The number of aromatic nitrogens is 1. The van der Waals surface area contributed by atoms with Crippen molar-refractivity contribution in [3.63, 3.8) is 0 Å². The first kappa shape index (κ1) is 21.8. The molecule has 33 heavy (non-hydrogen) atoms. The summed E-state index contributed by atoms with van der Waals surface area (Å²) in [7, 11) is 0. The quantitative estimate of drug-likeness (QED) is 0.726. The van der Waals surface area contributed by atoms with E-state index in [2.05, 4.69) is 5.32 Å². The number of hydrogen-bond donors (Lipinski definition) is 2. The second kappa shape index (κ2) is 8.41. The van der Waals surface area contributed by atoms with Crippen LogP contribution in [0.1, 0.15) is 44.3 Å². The lowest BCUT2D eigenvalue weighted by Crippen LogP contribution is -2.53. The van der Waals surface area contributed by atoms with Crippen LogP contribution in [0.5, 0.6) is 0 Å². The smallest absolute Gasteiger partial charge is 0.258 e. The lowest BCUT2D eigenvalue weighted by molar-refractivity contribution is -0.142. The molecule has 3 heterocycles. The Kier molecular flexibility index (Phi) is 5.56. The number of carbonyl (C=O) groups is 2. The van der Waals surface area contributed by atoms with Crippen LogP contribution in [-0.4, -0.2) is 45.1 Å². The second-order valence-electron chi connectivity index (χ2n) is 9.29. The topological polar surface area (TPSA) is 91.6 Å². The molecule has 2 N–H and O–H groups in total. The van der Waals surface area contributed by atoms with Gasteiger partial charge in [-0.1, -0.05) is 19.1 Å². The Morgan fingerprint density at radius 1 is 1.15 bits per heavy atom. The lowest BCUT2D eigenvalue weighted by Gasteiger charge is -2.34. The Hall–Kier alpha value is -3.00. The van der Waals surface area contributed by atoms with E-state index in [1.54, 1.807) is 34.6 Å². The van der Waals surface area contributed by atoms with Gasteiger partial charge in [0.15, 0.2) is 0 Å². The Morgan fingerprint density at radius 3 is 2.48 bits per heavy atom. The van der Waals surface area contributed by atoms with Crippen LogP contribution in [0.3, 0.4) is 0 Å². The Morgan fingerprint density at radius 2 is 1.88 bits per heavy atom. The summed E-state index contributed by atoms with van der Waals surface area (Å²) in [6.45, 7) is 1.83. The number of fused-ring (bicyclic) bond motifs is 3. The van der Waals surface area contributed by atoms with Crippen molar-refractivity contribution in [1.82, 2.24) is 14.8 Å². The molecule has 0 bridgehead atoms. The number of aliphatic hydroxyl groups is 1. The highest BCUT2D eigenvalue weighted by Gasteiger charge is 2.57. The van der Waals surface area contributed by atoms with Gasteiger partial charge < -0.3 is 19.9 Å². The first-order chi connectivity index (χ1) is 15.9. The van der Waals surface area contributed by atoms with Crippen LogP contribution in [0.2, 0.25) is 0 Å². The fraction of sp³-hybridized carbons (Fsp3) is 0.480. The van der Waals surface area contributed by atoms with Crippen LogP contribution in [0.4, 0.5) is 4.39 Å². The van der Waals surface area contributed by atoms with E-state index in [9.17, 15) is 23.9 Å². The number of amides is 2. The maximum absolute atomic E-state index is 13.3. The summed E-state index contributed by atoms with van der Waals surface area (Å²) in [4.78, 5) is 41.2. The Balaban J connectivity index is 1.54. The zero-order valence-corrected chi connectivity index (χ0v) is 18.5. The van der Waals surface area contributed by atoms with Gasteiger partial charge in [0, 0.05) is 48.7 Å². The second-order valence-corrected chi connectivity index (χ2v) is 9.29. The highest BCUT2D eigenvalue weighted by Crippen LogP contribution is 2.49. The van der Waals surface area contributed by atoms with E-state index in [0.717, 1.165) is 19.3 Å². The molecule has 1 aliphatic carbocycles.